The zero-order valence-electron chi connectivity index (χ0n) is 7.30. The fourth-order valence-electron chi connectivity index (χ4n) is 1.03. The van der Waals surface area contributed by atoms with Crippen LogP contribution in [0.3, 0.4) is 0 Å². The number of rotatable bonds is 2. The molecule has 0 aliphatic carbocycles. The van der Waals surface area contributed by atoms with Crippen molar-refractivity contribution in [2.75, 3.05) is 19.8 Å². The van der Waals surface area contributed by atoms with Gasteiger partial charge >= 0.3 is 0 Å². The van der Waals surface area contributed by atoms with Gasteiger partial charge in [0.1, 0.15) is 0 Å². The molecule has 0 bridgehead atoms. The molecule has 0 unspecified atom stereocenters. The van der Waals surface area contributed by atoms with Crippen LogP contribution in [0.25, 0.3) is 0 Å². The third-order valence-corrected chi connectivity index (χ3v) is 1.72. The molecule has 0 radical (unpaired) electrons. The number of ether oxygens (including phenoxy) is 2. The van der Waals surface area contributed by atoms with Crippen molar-refractivity contribution in [1.29, 1.82) is 0 Å². The molecule has 1 saturated heterocycles. The van der Waals surface area contributed by atoms with Crippen LogP contribution in [0.15, 0.2) is 0 Å². The van der Waals surface area contributed by atoms with Crippen molar-refractivity contribution in [3.05, 3.63) is 0 Å². The lowest BCUT2D eigenvalue weighted by atomic mass is 9.95. The van der Waals surface area contributed by atoms with Gasteiger partial charge in [-0.3, -0.25) is 0 Å². The smallest absolute Gasteiger partial charge is 0.158 e. The average molecular weight is 159 g/mol. The van der Waals surface area contributed by atoms with Gasteiger partial charge in [-0.15, -0.1) is 0 Å². The lowest BCUT2D eigenvalue weighted by Crippen LogP contribution is -2.38. The predicted molar refractivity (Wildman–Crippen MR) is 43.1 cm³/mol. The summed E-state index contributed by atoms with van der Waals surface area (Å²) in [6, 6.07) is 0. The second-order valence-electron chi connectivity index (χ2n) is 3.79. The molecule has 0 aromatic carbocycles. The molecule has 3 nitrogen and oxygen atoms in total. The standard InChI is InChI=1S/C8H17NO2/c1-8(2)5-10-7(3-4-9)11-6-8/h7H,3-6,9H2,1-2H3. The number of hydrogen-bond donors (Lipinski definition) is 1. The molecule has 1 aliphatic rings. The van der Waals surface area contributed by atoms with Gasteiger partial charge in [-0.05, 0) is 6.54 Å². The molecule has 1 aliphatic heterocycles. The van der Waals surface area contributed by atoms with Crippen LogP contribution in [0.5, 0.6) is 0 Å². The first kappa shape index (κ1) is 8.97. The van der Waals surface area contributed by atoms with Crippen LogP contribution in [0.4, 0.5) is 0 Å². The van der Waals surface area contributed by atoms with Crippen LogP contribution in [-0.2, 0) is 9.47 Å². The van der Waals surface area contributed by atoms with E-state index in [0.717, 1.165) is 19.6 Å². The van der Waals surface area contributed by atoms with E-state index < -0.39 is 0 Å². The van der Waals surface area contributed by atoms with Gasteiger partial charge in [0, 0.05) is 11.8 Å². The van der Waals surface area contributed by atoms with Crippen molar-refractivity contribution >= 4 is 0 Å². The zero-order valence-corrected chi connectivity index (χ0v) is 7.30. The summed E-state index contributed by atoms with van der Waals surface area (Å²) in [5.74, 6) is 0. The van der Waals surface area contributed by atoms with E-state index in [1.807, 2.05) is 0 Å². The Morgan fingerprint density at radius 1 is 1.36 bits per heavy atom. The highest BCUT2D eigenvalue weighted by molar-refractivity contribution is 4.71. The summed E-state index contributed by atoms with van der Waals surface area (Å²) in [4.78, 5) is 0. The van der Waals surface area contributed by atoms with Crippen molar-refractivity contribution in [2.24, 2.45) is 11.1 Å². The largest absolute Gasteiger partial charge is 0.352 e. The highest BCUT2D eigenvalue weighted by atomic mass is 16.7. The van der Waals surface area contributed by atoms with Crippen LogP contribution in [-0.4, -0.2) is 26.0 Å². The molecule has 66 valence electrons. The van der Waals surface area contributed by atoms with Crippen LogP contribution in [0, 0.1) is 5.41 Å². The molecule has 0 aromatic heterocycles. The van der Waals surface area contributed by atoms with E-state index >= 15 is 0 Å². The topological polar surface area (TPSA) is 44.5 Å². The Balaban J connectivity index is 2.25. The summed E-state index contributed by atoms with van der Waals surface area (Å²) >= 11 is 0. The van der Waals surface area contributed by atoms with Crippen LogP contribution in [0.1, 0.15) is 20.3 Å². The van der Waals surface area contributed by atoms with Crippen molar-refractivity contribution in [3.8, 4) is 0 Å². The second-order valence-corrected chi connectivity index (χ2v) is 3.79. The number of nitrogens with two attached hydrogens (primary N) is 1. The second kappa shape index (κ2) is 3.52. The Morgan fingerprint density at radius 2 is 1.91 bits per heavy atom. The first-order chi connectivity index (χ1) is 5.14. The third-order valence-electron chi connectivity index (χ3n) is 1.72. The quantitative estimate of drug-likeness (QED) is 0.646. The Morgan fingerprint density at radius 3 is 2.36 bits per heavy atom. The van der Waals surface area contributed by atoms with Gasteiger partial charge in [-0.1, -0.05) is 13.8 Å². The van der Waals surface area contributed by atoms with Gasteiger partial charge in [-0.2, -0.15) is 0 Å². The van der Waals surface area contributed by atoms with Crippen LogP contribution < -0.4 is 5.73 Å². The first-order valence-corrected chi connectivity index (χ1v) is 4.07. The maximum Gasteiger partial charge on any atom is 0.158 e. The molecular weight excluding hydrogens is 142 g/mol. The van der Waals surface area contributed by atoms with Gasteiger partial charge in [-0.25, -0.2) is 0 Å². The Kier molecular flexibility index (Phi) is 2.87. The maximum absolute atomic E-state index is 5.43. The van der Waals surface area contributed by atoms with Gasteiger partial charge in [0.2, 0.25) is 0 Å². The minimum absolute atomic E-state index is 0.0620. The van der Waals surface area contributed by atoms with E-state index in [2.05, 4.69) is 13.8 Å². The van der Waals surface area contributed by atoms with Gasteiger partial charge < -0.3 is 15.2 Å². The molecule has 0 aromatic rings. The molecule has 2 N–H and O–H groups in total. The molecular formula is C8H17NO2. The van der Waals surface area contributed by atoms with Gasteiger partial charge in [0.05, 0.1) is 13.2 Å². The molecule has 0 amide bonds. The summed E-state index contributed by atoms with van der Waals surface area (Å²) in [5, 5.41) is 0. The monoisotopic (exact) mass is 159 g/mol. The SMILES string of the molecule is CC1(C)COC(CCN)OC1. The fourth-order valence-corrected chi connectivity index (χ4v) is 1.03. The fraction of sp³-hybridized carbons (Fsp3) is 1.00. The highest BCUT2D eigenvalue weighted by Gasteiger charge is 2.27. The summed E-state index contributed by atoms with van der Waals surface area (Å²) in [6.45, 7) is 6.44. The van der Waals surface area contributed by atoms with Crippen molar-refractivity contribution in [3.63, 3.8) is 0 Å². The van der Waals surface area contributed by atoms with Gasteiger partial charge in [0.15, 0.2) is 6.29 Å². The maximum atomic E-state index is 5.43. The molecule has 1 rings (SSSR count). The van der Waals surface area contributed by atoms with Crippen molar-refractivity contribution in [1.82, 2.24) is 0 Å². The molecule has 1 fully saturated rings. The van der Waals surface area contributed by atoms with E-state index in [9.17, 15) is 0 Å². The Hall–Kier alpha value is -0.120. The summed E-state index contributed by atoms with van der Waals surface area (Å²) in [7, 11) is 0. The Labute approximate surface area is 67.9 Å². The molecule has 0 atom stereocenters. The Bertz CT molecular complexity index is 115. The lowest BCUT2D eigenvalue weighted by molar-refractivity contribution is -0.222. The minimum atomic E-state index is -0.0620. The number of hydrogen-bond acceptors (Lipinski definition) is 3. The summed E-state index contributed by atoms with van der Waals surface area (Å²) in [5.41, 5.74) is 5.54. The lowest BCUT2D eigenvalue weighted by Gasteiger charge is -2.34. The normalized spacial score (nSPS) is 25.4. The third kappa shape index (κ3) is 2.77. The molecule has 0 saturated carbocycles. The highest BCUT2D eigenvalue weighted by Crippen LogP contribution is 2.23. The summed E-state index contributed by atoms with van der Waals surface area (Å²) < 4.78 is 10.9. The first-order valence-electron chi connectivity index (χ1n) is 4.07. The van der Waals surface area contributed by atoms with E-state index in [-0.39, 0.29) is 11.7 Å². The zero-order chi connectivity index (χ0) is 8.32. The average Bonchev–Trinajstić information content (AvgIpc) is 1.94. The molecule has 3 heteroatoms. The van der Waals surface area contributed by atoms with Crippen LogP contribution >= 0.6 is 0 Å². The van der Waals surface area contributed by atoms with Gasteiger partial charge in [0.25, 0.3) is 0 Å². The van der Waals surface area contributed by atoms with Crippen LogP contribution in [0.2, 0.25) is 0 Å². The van der Waals surface area contributed by atoms with E-state index in [1.165, 1.54) is 0 Å². The molecule has 1 heterocycles. The van der Waals surface area contributed by atoms with E-state index in [0.29, 0.717) is 6.54 Å². The van der Waals surface area contributed by atoms with E-state index in [1.54, 1.807) is 0 Å². The summed E-state index contributed by atoms with van der Waals surface area (Å²) in [6.07, 6.45) is 0.740. The van der Waals surface area contributed by atoms with E-state index in [4.69, 9.17) is 15.2 Å². The van der Waals surface area contributed by atoms with Crippen molar-refractivity contribution in [2.45, 2.75) is 26.6 Å². The predicted octanol–water partition coefficient (Wildman–Crippen LogP) is 0.734. The molecule has 11 heavy (non-hydrogen) atoms. The molecule has 0 spiro atoms. The van der Waals surface area contributed by atoms with Crippen molar-refractivity contribution < 1.29 is 9.47 Å². The minimum Gasteiger partial charge on any atom is -0.352 e.